The molecule has 0 fully saturated rings. The Morgan fingerprint density at radius 3 is 2.00 bits per heavy atom. The van der Waals surface area contributed by atoms with Gasteiger partial charge in [-0.25, -0.2) is 0 Å². The van der Waals surface area contributed by atoms with Crippen molar-refractivity contribution in [2.45, 2.75) is 13.8 Å². The van der Waals surface area contributed by atoms with Crippen LogP contribution in [0.5, 0.6) is 0 Å². The van der Waals surface area contributed by atoms with Crippen molar-refractivity contribution in [3.8, 4) is 11.1 Å². The van der Waals surface area contributed by atoms with Gasteiger partial charge in [0, 0.05) is 0 Å². The zero-order chi connectivity index (χ0) is 9.97. The molecule has 0 unspecified atom stereocenters. The van der Waals surface area contributed by atoms with Crippen LogP contribution in [0.15, 0.2) is 42.5 Å². The highest BCUT2D eigenvalue weighted by atomic mass is 14.1. The fourth-order valence-corrected chi connectivity index (χ4v) is 1.82. The van der Waals surface area contributed by atoms with E-state index in [0.29, 0.717) is 0 Å². The summed E-state index contributed by atoms with van der Waals surface area (Å²) in [4.78, 5) is 0. The van der Waals surface area contributed by atoms with Gasteiger partial charge in [-0.15, -0.1) is 0 Å². The van der Waals surface area contributed by atoms with E-state index in [2.05, 4.69) is 50.2 Å². The molecule has 0 nitrogen and oxygen atoms in total. The van der Waals surface area contributed by atoms with Gasteiger partial charge in [0.15, 0.2) is 0 Å². The van der Waals surface area contributed by atoms with Crippen molar-refractivity contribution < 1.29 is 0 Å². The second-order valence-corrected chi connectivity index (χ2v) is 3.56. The molecule has 2 rings (SSSR count). The van der Waals surface area contributed by atoms with Gasteiger partial charge in [-0.3, -0.25) is 0 Å². The predicted molar refractivity (Wildman–Crippen MR) is 60.2 cm³/mol. The highest BCUT2D eigenvalue weighted by Gasteiger charge is 2.03. The molecule has 0 bridgehead atoms. The van der Waals surface area contributed by atoms with Crippen LogP contribution in [0, 0.1) is 19.9 Å². The van der Waals surface area contributed by atoms with Gasteiger partial charge >= 0.3 is 0 Å². The number of hydrogen-bond acceptors (Lipinski definition) is 0. The van der Waals surface area contributed by atoms with E-state index in [9.17, 15) is 0 Å². The first-order valence-electron chi connectivity index (χ1n) is 4.82. The van der Waals surface area contributed by atoms with E-state index in [4.69, 9.17) is 0 Å². The molecule has 0 amide bonds. The lowest BCUT2D eigenvalue weighted by atomic mass is 9.96. The zero-order valence-corrected chi connectivity index (χ0v) is 8.54. The van der Waals surface area contributed by atoms with Crippen LogP contribution < -0.4 is 0 Å². The zero-order valence-electron chi connectivity index (χ0n) is 8.54. The van der Waals surface area contributed by atoms with Gasteiger partial charge in [0.05, 0.1) is 0 Å². The van der Waals surface area contributed by atoms with Crippen LogP contribution in [0.4, 0.5) is 0 Å². The van der Waals surface area contributed by atoms with Crippen molar-refractivity contribution in [3.05, 3.63) is 59.7 Å². The Hall–Kier alpha value is -1.56. The monoisotopic (exact) mass is 181 g/mol. The molecule has 1 radical (unpaired) electrons. The maximum atomic E-state index is 3.04. The summed E-state index contributed by atoms with van der Waals surface area (Å²) in [5, 5.41) is 0. The molecular weight excluding hydrogens is 168 g/mol. The number of hydrogen-bond donors (Lipinski definition) is 0. The van der Waals surface area contributed by atoms with Crippen molar-refractivity contribution in [2.24, 2.45) is 0 Å². The van der Waals surface area contributed by atoms with Crippen LogP contribution in [0.2, 0.25) is 0 Å². The van der Waals surface area contributed by atoms with Gasteiger partial charge in [0.1, 0.15) is 0 Å². The molecule has 14 heavy (non-hydrogen) atoms. The topological polar surface area (TPSA) is 0 Å². The van der Waals surface area contributed by atoms with Gasteiger partial charge in [-0.2, -0.15) is 0 Å². The average molecular weight is 181 g/mol. The molecule has 0 heteroatoms. The second-order valence-electron chi connectivity index (χ2n) is 3.56. The minimum Gasteiger partial charge on any atom is -0.0617 e. The van der Waals surface area contributed by atoms with E-state index < -0.39 is 0 Å². The highest BCUT2D eigenvalue weighted by Crippen LogP contribution is 2.26. The predicted octanol–water partition coefficient (Wildman–Crippen LogP) is 3.77. The standard InChI is InChI=1S/C14H13/c1-11-7-6-8-12(2)14(11)13-9-4-3-5-10-13/h4-10H,1-2H3. The largest absolute Gasteiger partial charge is 0.0617 e. The second kappa shape index (κ2) is 3.67. The molecule has 0 aliphatic heterocycles. The lowest BCUT2D eigenvalue weighted by Crippen LogP contribution is -1.86. The summed E-state index contributed by atoms with van der Waals surface area (Å²) in [5.74, 6) is 0. The van der Waals surface area contributed by atoms with Crippen molar-refractivity contribution in [1.82, 2.24) is 0 Å². The van der Waals surface area contributed by atoms with Crippen LogP contribution in [-0.2, 0) is 0 Å². The Balaban J connectivity index is 2.63. The molecule has 69 valence electrons. The van der Waals surface area contributed by atoms with E-state index in [1.54, 1.807) is 0 Å². The summed E-state index contributed by atoms with van der Waals surface area (Å²) in [6.45, 7) is 4.30. The van der Waals surface area contributed by atoms with Crippen LogP contribution in [0.1, 0.15) is 11.1 Å². The fraction of sp³-hybridized carbons (Fsp3) is 0.143. The Morgan fingerprint density at radius 2 is 1.43 bits per heavy atom. The fourth-order valence-electron chi connectivity index (χ4n) is 1.82. The first-order valence-corrected chi connectivity index (χ1v) is 4.82. The molecular formula is C14H13. The Kier molecular flexibility index (Phi) is 2.36. The third-order valence-corrected chi connectivity index (χ3v) is 2.49. The van der Waals surface area contributed by atoms with E-state index in [1.807, 2.05) is 12.1 Å². The van der Waals surface area contributed by atoms with Gasteiger partial charge < -0.3 is 0 Å². The molecule has 0 atom stereocenters. The molecule has 2 aromatic carbocycles. The van der Waals surface area contributed by atoms with Crippen LogP contribution in [-0.4, -0.2) is 0 Å². The number of benzene rings is 2. The molecule has 2 aromatic rings. The summed E-state index contributed by atoms with van der Waals surface area (Å²) in [5.41, 5.74) is 5.29. The maximum Gasteiger partial charge on any atom is -0.0125 e. The first-order chi connectivity index (χ1) is 6.79. The smallest absolute Gasteiger partial charge is 0.0125 e. The van der Waals surface area contributed by atoms with Crippen molar-refractivity contribution in [3.63, 3.8) is 0 Å². The van der Waals surface area contributed by atoms with Gasteiger partial charge in [-0.05, 0) is 42.2 Å². The number of aryl methyl sites for hydroxylation is 2. The molecule has 0 spiro atoms. The summed E-state index contributed by atoms with van der Waals surface area (Å²) >= 11 is 0. The minimum absolute atomic E-state index is 1.28. The van der Waals surface area contributed by atoms with Crippen LogP contribution in [0.25, 0.3) is 11.1 Å². The summed E-state index contributed by atoms with van der Waals surface area (Å²) in [6.07, 6.45) is 0. The SMILES string of the molecule is Cc1cccc(C)c1-c1cc[c]cc1. The maximum absolute atomic E-state index is 3.04. The summed E-state index contributed by atoms with van der Waals surface area (Å²) < 4.78 is 0. The Morgan fingerprint density at radius 1 is 0.857 bits per heavy atom. The van der Waals surface area contributed by atoms with Gasteiger partial charge in [0.25, 0.3) is 0 Å². The average Bonchev–Trinajstić information content (AvgIpc) is 2.19. The quantitative estimate of drug-likeness (QED) is 0.628. The van der Waals surface area contributed by atoms with Crippen molar-refractivity contribution >= 4 is 0 Å². The van der Waals surface area contributed by atoms with Gasteiger partial charge in [-0.1, -0.05) is 42.5 Å². The van der Waals surface area contributed by atoms with Crippen LogP contribution in [0.3, 0.4) is 0 Å². The number of rotatable bonds is 1. The molecule has 0 heterocycles. The lowest BCUT2D eigenvalue weighted by Gasteiger charge is -2.09. The van der Waals surface area contributed by atoms with Crippen LogP contribution >= 0.6 is 0 Å². The third-order valence-electron chi connectivity index (χ3n) is 2.49. The normalized spacial score (nSPS) is 10.1. The Labute approximate surface area is 85.2 Å². The highest BCUT2D eigenvalue weighted by molar-refractivity contribution is 5.70. The van der Waals surface area contributed by atoms with Gasteiger partial charge in [0.2, 0.25) is 0 Å². The summed E-state index contributed by atoms with van der Waals surface area (Å²) in [6, 6.07) is 17.6. The molecule has 0 aromatic heterocycles. The molecule has 0 saturated carbocycles. The van der Waals surface area contributed by atoms with E-state index in [-0.39, 0.29) is 0 Å². The molecule has 0 aliphatic carbocycles. The first kappa shape index (κ1) is 9.01. The van der Waals surface area contributed by atoms with Crippen molar-refractivity contribution in [1.29, 1.82) is 0 Å². The van der Waals surface area contributed by atoms with Crippen molar-refractivity contribution in [2.75, 3.05) is 0 Å². The molecule has 0 N–H and O–H groups in total. The summed E-state index contributed by atoms with van der Waals surface area (Å²) in [7, 11) is 0. The lowest BCUT2D eigenvalue weighted by molar-refractivity contribution is 1.38. The third kappa shape index (κ3) is 1.56. The van der Waals surface area contributed by atoms with E-state index >= 15 is 0 Å². The van der Waals surface area contributed by atoms with E-state index in [0.717, 1.165) is 0 Å². The molecule has 0 aliphatic rings. The minimum atomic E-state index is 1.28. The van der Waals surface area contributed by atoms with E-state index in [1.165, 1.54) is 22.3 Å². The Bertz CT molecular complexity index is 407. The molecule has 0 saturated heterocycles.